The van der Waals surface area contributed by atoms with Crippen LogP contribution in [0.15, 0.2) is 30.3 Å². The van der Waals surface area contributed by atoms with Gasteiger partial charge in [-0.15, -0.1) is 0 Å². The number of aromatic carboxylic acids is 1. The van der Waals surface area contributed by atoms with Crippen LogP contribution >= 0.6 is 0 Å². The van der Waals surface area contributed by atoms with Crippen LogP contribution in [0.3, 0.4) is 0 Å². The Morgan fingerprint density at radius 3 is 2.47 bits per heavy atom. The molecule has 0 aliphatic carbocycles. The first-order chi connectivity index (χ1) is 8.80. The number of rotatable bonds is 2. The van der Waals surface area contributed by atoms with Gasteiger partial charge in [0.05, 0.1) is 5.69 Å². The number of alkyl halides is 3. The van der Waals surface area contributed by atoms with E-state index in [-0.39, 0.29) is 0 Å². The third-order valence-electron chi connectivity index (χ3n) is 2.56. The Morgan fingerprint density at radius 1 is 1.32 bits per heavy atom. The van der Waals surface area contributed by atoms with Gasteiger partial charge in [0.1, 0.15) is 0 Å². The van der Waals surface area contributed by atoms with Crippen LogP contribution < -0.4 is 0 Å². The summed E-state index contributed by atoms with van der Waals surface area (Å²) in [4.78, 5) is 11.0. The van der Waals surface area contributed by atoms with E-state index in [0.29, 0.717) is 17.3 Å². The predicted molar refractivity (Wildman–Crippen MR) is 60.3 cm³/mol. The van der Waals surface area contributed by atoms with E-state index >= 15 is 0 Å². The lowest BCUT2D eigenvalue weighted by Gasteiger charge is -2.07. The van der Waals surface area contributed by atoms with Gasteiger partial charge in [0.25, 0.3) is 0 Å². The van der Waals surface area contributed by atoms with E-state index in [9.17, 15) is 18.0 Å². The maximum atomic E-state index is 12.6. The van der Waals surface area contributed by atoms with Gasteiger partial charge in [-0.1, -0.05) is 18.2 Å². The molecule has 0 aliphatic heterocycles. The van der Waals surface area contributed by atoms with Gasteiger partial charge >= 0.3 is 12.1 Å². The normalized spacial score (nSPS) is 11.6. The quantitative estimate of drug-likeness (QED) is 0.912. The highest BCUT2D eigenvalue weighted by Crippen LogP contribution is 2.30. The SMILES string of the molecule is Cc1ccccc1-n1nc(C(F)(F)F)cc1C(=O)O. The monoisotopic (exact) mass is 270 g/mol. The van der Waals surface area contributed by atoms with E-state index in [1.807, 2.05) is 0 Å². The molecule has 0 radical (unpaired) electrons. The lowest BCUT2D eigenvalue weighted by molar-refractivity contribution is -0.141. The van der Waals surface area contributed by atoms with Crippen molar-refractivity contribution in [1.82, 2.24) is 9.78 Å². The van der Waals surface area contributed by atoms with Crippen LogP contribution in [0.4, 0.5) is 13.2 Å². The lowest BCUT2D eigenvalue weighted by atomic mass is 10.2. The number of carbonyl (C=O) groups is 1. The van der Waals surface area contributed by atoms with Crippen LogP contribution in [0, 0.1) is 6.92 Å². The number of carboxylic acid groups (broad SMARTS) is 1. The second-order valence-corrected chi connectivity index (χ2v) is 3.92. The van der Waals surface area contributed by atoms with Gasteiger partial charge in [0.2, 0.25) is 0 Å². The fraction of sp³-hybridized carbons (Fsp3) is 0.167. The van der Waals surface area contributed by atoms with Gasteiger partial charge in [0, 0.05) is 6.07 Å². The van der Waals surface area contributed by atoms with Crippen molar-refractivity contribution >= 4 is 5.97 Å². The summed E-state index contributed by atoms with van der Waals surface area (Å²) in [5.74, 6) is -1.47. The van der Waals surface area contributed by atoms with Crippen LogP contribution in [-0.2, 0) is 6.18 Å². The van der Waals surface area contributed by atoms with Gasteiger partial charge in [-0.25, -0.2) is 9.48 Å². The molecule has 19 heavy (non-hydrogen) atoms. The summed E-state index contributed by atoms with van der Waals surface area (Å²) in [7, 11) is 0. The summed E-state index contributed by atoms with van der Waals surface area (Å²) in [5.41, 5.74) is -0.827. The molecule has 1 heterocycles. The van der Waals surface area contributed by atoms with E-state index in [1.54, 1.807) is 25.1 Å². The van der Waals surface area contributed by atoms with Gasteiger partial charge in [-0.3, -0.25) is 0 Å². The number of hydrogen-bond acceptors (Lipinski definition) is 2. The minimum absolute atomic E-state index is 0.301. The molecule has 0 spiro atoms. The van der Waals surface area contributed by atoms with Crippen LogP contribution in [0.2, 0.25) is 0 Å². The summed E-state index contributed by atoms with van der Waals surface area (Å²) in [6, 6.07) is 7.00. The molecule has 4 nitrogen and oxygen atoms in total. The Kier molecular flexibility index (Phi) is 3.05. The molecule has 0 amide bonds. The van der Waals surface area contributed by atoms with Crippen molar-refractivity contribution in [2.24, 2.45) is 0 Å². The van der Waals surface area contributed by atoms with Gasteiger partial charge in [-0.05, 0) is 18.6 Å². The molecule has 1 aromatic heterocycles. The van der Waals surface area contributed by atoms with Crippen molar-refractivity contribution in [3.05, 3.63) is 47.3 Å². The van der Waals surface area contributed by atoms with Crippen LogP contribution in [0.1, 0.15) is 21.7 Å². The number of aryl methyl sites for hydroxylation is 1. The summed E-state index contributed by atoms with van der Waals surface area (Å²) >= 11 is 0. The molecule has 0 saturated carbocycles. The topological polar surface area (TPSA) is 55.1 Å². The number of benzene rings is 1. The second-order valence-electron chi connectivity index (χ2n) is 3.92. The first kappa shape index (κ1) is 13.1. The Hall–Kier alpha value is -2.31. The Bertz CT molecular complexity index is 632. The summed E-state index contributed by atoms with van der Waals surface area (Å²) < 4.78 is 38.6. The zero-order valence-electron chi connectivity index (χ0n) is 9.77. The highest BCUT2D eigenvalue weighted by molar-refractivity contribution is 5.86. The average Bonchev–Trinajstić information content (AvgIpc) is 2.74. The largest absolute Gasteiger partial charge is 0.477 e. The number of aromatic nitrogens is 2. The predicted octanol–water partition coefficient (Wildman–Crippen LogP) is 2.90. The van der Waals surface area contributed by atoms with E-state index in [1.165, 1.54) is 6.07 Å². The van der Waals surface area contributed by atoms with Crippen molar-refractivity contribution in [3.63, 3.8) is 0 Å². The highest BCUT2D eigenvalue weighted by atomic mass is 19.4. The molecule has 0 unspecified atom stereocenters. The van der Waals surface area contributed by atoms with Crippen molar-refractivity contribution in [2.45, 2.75) is 13.1 Å². The smallest absolute Gasteiger partial charge is 0.435 e. The maximum Gasteiger partial charge on any atom is 0.435 e. The van der Waals surface area contributed by atoms with E-state index < -0.39 is 23.5 Å². The molecule has 7 heteroatoms. The molecule has 1 N–H and O–H groups in total. The Morgan fingerprint density at radius 2 is 1.95 bits per heavy atom. The molecule has 0 bridgehead atoms. The molecule has 1 aromatic carbocycles. The molecular formula is C12H9F3N2O2. The zero-order valence-corrected chi connectivity index (χ0v) is 9.77. The van der Waals surface area contributed by atoms with E-state index in [0.717, 1.165) is 4.68 Å². The first-order valence-corrected chi connectivity index (χ1v) is 5.27. The average molecular weight is 270 g/mol. The van der Waals surface area contributed by atoms with Gasteiger partial charge < -0.3 is 5.11 Å². The maximum absolute atomic E-state index is 12.6. The molecule has 0 fully saturated rings. The van der Waals surface area contributed by atoms with E-state index in [2.05, 4.69) is 5.10 Å². The fourth-order valence-corrected chi connectivity index (χ4v) is 1.66. The van der Waals surface area contributed by atoms with Gasteiger partial charge in [-0.2, -0.15) is 18.3 Å². The summed E-state index contributed by atoms with van der Waals surface area (Å²) in [6.45, 7) is 1.66. The molecule has 0 atom stereocenters. The van der Waals surface area contributed by atoms with Crippen LogP contribution in [0.25, 0.3) is 5.69 Å². The number of hydrogen-bond donors (Lipinski definition) is 1. The molecule has 0 saturated heterocycles. The third kappa shape index (κ3) is 2.44. The minimum Gasteiger partial charge on any atom is -0.477 e. The molecule has 100 valence electrons. The molecule has 2 aromatic rings. The Balaban J connectivity index is 2.66. The van der Waals surface area contributed by atoms with Crippen LogP contribution in [-0.4, -0.2) is 20.9 Å². The number of carboxylic acids is 1. The first-order valence-electron chi connectivity index (χ1n) is 5.27. The van der Waals surface area contributed by atoms with E-state index in [4.69, 9.17) is 5.11 Å². The summed E-state index contributed by atoms with van der Waals surface area (Å²) in [6.07, 6.45) is -4.68. The summed E-state index contributed by atoms with van der Waals surface area (Å²) in [5, 5.41) is 12.3. The second kappa shape index (κ2) is 4.42. The molecular weight excluding hydrogens is 261 g/mol. The molecule has 0 aliphatic rings. The number of halogens is 3. The lowest BCUT2D eigenvalue weighted by Crippen LogP contribution is -2.10. The standard InChI is InChI=1S/C12H9F3N2O2/c1-7-4-2-3-5-8(7)17-9(11(18)19)6-10(16-17)12(13,14)15/h2-6H,1H3,(H,18,19). The minimum atomic E-state index is -4.68. The van der Waals surface area contributed by atoms with Crippen molar-refractivity contribution in [2.75, 3.05) is 0 Å². The van der Waals surface area contributed by atoms with Crippen molar-refractivity contribution in [1.29, 1.82) is 0 Å². The third-order valence-corrected chi connectivity index (χ3v) is 2.56. The Labute approximate surface area is 106 Å². The molecule has 2 rings (SSSR count). The number of nitrogens with zero attached hydrogens (tertiary/aromatic N) is 2. The van der Waals surface area contributed by atoms with Crippen LogP contribution in [0.5, 0.6) is 0 Å². The van der Waals surface area contributed by atoms with Crippen molar-refractivity contribution in [3.8, 4) is 5.69 Å². The highest BCUT2D eigenvalue weighted by Gasteiger charge is 2.36. The van der Waals surface area contributed by atoms with Crippen molar-refractivity contribution < 1.29 is 23.1 Å². The zero-order chi connectivity index (χ0) is 14.2. The fourth-order valence-electron chi connectivity index (χ4n) is 1.66. The van der Waals surface area contributed by atoms with Gasteiger partial charge in [0.15, 0.2) is 11.4 Å². The number of para-hydroxylation sites is 1.